The number of nitrogens with zero attached hydrogens (tertiary/aromatic N) is 2. The van der Waals surface area contributed by atoms with Crippen molar-refractivity contribution in [1.82, 2.24) is 15.1 Å². The quantitative estimate of drug-likeness (QED) is 0.825. The zero-order chi connectivity index (χ0) is 14.3. The lowest BCUT2D eigenvalue weighted by Crippen LogP contribution is -2.51. The summed E-state index contributed by atoms with van der Waals surface area (Å²) in [7, 11) is 0. The van der Waals surface area contributed by atoms with Crippen LogP contribution < -0.4 is 5.32 Å². The van der Waals surface area contributed by atoms with E-state index in [9.17, 15) is 4.79 Å². The molecule has 0 saturated carbocycles. The molecule has 3 heterocycles. The summed E-state index contributed by atoms with van der Waals surface area (Å²) >= 11 is 0. The monoisotopic (exact) mass is 281 g/mol. The van der Waals surface area contributed by atoms with Gasteiger partial charge >= 0.3 is 0 Å². The highest BCUT2D eigenvalue weighted by molar-refractivity contribution is 5.84. The first kappa shape index (κ1) is 14.3. The summed E-state index contributed by atoms with van der Waals surface area (Å²) in [6.45, 7) is 9.99. The van der Waals surface area contributed by atoms with Crippen LogP contribution >= 0.6 is 0 Å². The molecule has 1 amide bonds. The lowest BCUT2D eigenvalue weighted by Gasteiger charge is -2.37. The van der Waals surface area contributed by atoms with Crippen LogP contribution in [0.2, 0.25) is 0 Å². The van der Waals surface area contributed by atoms with Crippen molar-refractivity contribution in [1.29, 1.82) is 0 Å². The number of ether oxygens (including phenoxy) is 1. The van der Waals surface area contributed by atoms with E-state index >= 15 is 0 Å². The smallest absolute Gasteiger partial charge is 0.241 e. The highest BCUT2D eigenvalue weighted by Crippen LogP contribution is 2.24. The molecule has 20 heavy (non-hydrogen) atoms. The van der Waals surface area contributed by atoms with E-state index in [4.69, 9.17) is 4.74 Å². The van der Waals surface area contributed by atoms with Crippen LogP contribution in [-0.4, -0.2) is 66.3 Å². The molecule has 4 unspecified atom stereocenters. The SMILES string of the molecule is CC(C)C1NC(C)N(CC2CN3CCCC3CO2)C1=O. The lowest BCUT2D eigenvalue weighted by molar-refractivity contribution is -0.134. The van der Waals surface area contributed by atoms with Crippen LogP contribution in [0.4, 0.5) is 0 Å². The first-order chi connectivity index (χ1) is 9.56. The van der Waals surface area contributed by atoms with Gasteiger partial charge in [0, 0.05) is 19.1 Å². The molecule has 0 spiro atoms. The predicted molar refractivity (Wildman–Crippen MR) is 77.3 cm³/mol. The van der Waals surface area contributed by atoms with Crippen molar-refractivity contribution in [2.24, 2.45) is 5.92 Å². The molecule has 0 aromatic carbocycles. The molecule has 3 rings (SSSR count). The van der Waals surface area contributed by atoms with Crippen molar-refractivity contribution in [3.05, 3.63) is 0 Å². The van der Waals surface area contributed by atoms with Gasteiger partial charge in [-0.25, -0.2) is 0 Å². The summed E-state index contributed by atoms with van der Waals surface area (Å²) in [6.07, 6.45) is 2.85. The fourth-order valence-corrected chi connectivity index (χ4v) is 3.73. The van der Waals surface area contributed by atoms with E-state index in [-0.39, 0.29) is 24.2 Å². The van der Waals surface area contributed by atoms with Gasteiger partial charge in [0.25, 0.3) is 0 Å². The highest BCUT2D eigenvalue weighted by Gasteiger charge is 2.40. The van der Waals surface area contributed by atoms with Crippen LogP contribution in [0.25, 0.3) is 0 Å². The summed E-state index contributed by atoms with van der Waals surface area (Å²) < 4.78 is 5.98. The molecular formula is C15H27N3O2. The number of carbonyl (C=O) groups is 1. The number of nitrogens with one attached hydrogen (secondary N) is 1. The molecular weight excluding hydrogens is 254 g/mol. The van der Waals surface area contributed by atoms with Gasteiger partial charge < -0.3 is 9.64 Å². The van der Waals surface area contributed by atoms with E-state index in [0.29, 0.717) is 12.0 Å². The van der Waals surface area contributed by atoms with Crippen molar-refractivity contribution < 1.29 is 9.53 Å². The van der Waals surface area contributed by atoms with Crippen molar-refractivity contribution in [3.63, 3.8) is 0 Å². The third kappa shape index (κ3) is 2.59. The Bertz CT molecular complexity index is 374. The molecule has 3 saturated heterocycles. The fraction of sp³-hybridized carbons (Fsp3) is 0.933. The average Bonchev–Trinajstić information content (AvgIpc) is 2.97. The Hall–Kier alpha value is -0.650. The second-order valence-corrected chi connectivity index (χ2v) is 6.80. The van der Waals surface area contributed by atoms with Crippen molar-refractivity contribution >= 4 is 5.91 Å². The Balaban J connectivity index is 1.59. The van der Waals surface area contributed by atoms with Crippen LogP contribution in [-0.2, 0) is 9.53 Å². The molecule has 114 valence electrons. The number of carbonyl (C=O) groups excluding carboxylic acids is 1. The van der Waals surface area contributed by atoms with E-state index in [2.05, 4.69) is 31.0 Å². The number of rotatable bonds is 3. The fourth-order valence-electron chi connectivity index (χ4n) is 3.73. The first-order valence-corrected chi connectivity index (χ1v) is 7.98. The molecule has 5 heteroatoms. The zero-order valence-electron chi connectivity index (χ0n) is 12.8. The number of morpholine rings is 1. The van der Waals surface area contributed by atoms with Crippen molar-refractivity contribution in [3.8, 4) is 0 Å². The van der Waals surface area contributed by atoms with Gasteiger partial charge in [-0.1, -0.05) is 13.8 Å². The molecule has 4 atom stereocenters. The minimum Gasteiger partial charge on any atom is -0.373 e. The molecule has 0 bridgehead atoms. The molecule has 5 nitrogen and oxygen atoms in total. The molecule has 0 aliphatic carbocycles. The topological polar surface area (TPSA) is 44.8 Å². The van der Waals surface area contributed by atoms with Gasteiger partial charge in [-0.3, -0.25) is 15.0 Å². The first-order valence-electron chi connectivity index (χ1n) is 7.98. The maximum Gasteiger partial charge on any atom is 0.241 e. The van der Waals surface area contributed by atoms with Crippen LogP contribution in [0.15, 0.2) is 0 Å². The Morgan fingerprint density at radius 2 is 2.25 bits per heavy atom. The molecule has 0 aromatic heterocycles. The normalized spacial score (nSPS) is 38.8. The van der Waals surface area contributed by atoms with Crippen LogP contribution in [0.3, 0.4) is 0 Å². The third-order valence-corrected chi connectivity index (χ3v) is 4.97. The van der Waals surface area contributed by atoms with Gasteiger partial charge in [-0.05, 0) is 32.2 Å². The summed E-state index contributed by atoms with van der Waals surface area (Å²) in [5.41, 5.74) is 0. The van der Waals surface area contributed by atoms with Gasteiger partial charge in [0.1, 0.15) is 0 Å². The van der Waals surface area contributed by atoms with E-state index in [1.807, 2.05) is 4.90 Å². The Labute approximate surface area is 121 Å². The third-order valence-electron chi connectivity index (χ3n) is 4.97. The summed E-state index contributed by atoms with van der Waals surface area (Å²) in [6, 6.07) is 0.590. The maximum absolute atomic E-state index is 12.5. The number of hydrogen-bond donors (Lipinski definition) is 1. The summed E-state index contributed by atoms with van der Waals surface area (Å²) in [5.74, 6) is 0.574. The van der Waals surface area contributed by atoms with Crippen molar-refractivity contribution in [2.45, 2.75) is 58.0 Å². The minimum atomic E-state index is -0.0341. The van der Waals surface area contributed by atoms with Gasteiger partial charge in [0.2, 0.25) is 5.91 Å². The highest BCUT2D eigenvalue weighted by atomic mass is 16.5. The Morgan fingerprint density at radius 1 is 1.45 bits per heavy atom. The second kappa shape index (κ2) is 5.62. The summed E-state index contributed by atoms with van der Waals surface area (Å²) in [5, 5.41) is 3.40. The largest absolute Gasteiger partial charge is 0.373 e. The number of fused-ring (bicyclic) bond motifs is 1. The van der Waals surface area contributed by atoms with Crippen LogP contribution in [0.1, 0.15) is 33.6 Å². The van der Waals surface area contributed by atoms with Gasteiger partial charge in [-0.2, -0.15) is 0 Å². The van der Waals surface area contributed by atoms with Gasteiger partial charge in [-0.15, -0.1) is 0 Å². The molecule has 3 aliphatic heterocycles. The van der Waals surface area contributed by atoms with Gasteiger partial charge in [0.15, 0.2) is 0 Å². The Kier molecular flexibility index (Phi) is 4.02. The van der Waals surface area contributed by atoms with Crippen LogP contribution in [0.5, 0.6) is 0 Å². The standard InChI is InChI=1S/C15H27N3O2/c1-10(2)14-15(19)18(11(3)16-14)8-13-7-17-6-4-5-12(17)9-20-13/h10-14,16H,4-9H2,1-3H3. The molecule has 0 radical (unpaired) electrons. The molecule has 3 aliphatic rings. The van der Waals surface area contributed by atoms with E-state index in [0.717, 1.165) is 19.7 Å². The Morgan fingerprint density at radius 3 is 2.95 bits per heavy atom. The number of hydrogen-bond acceptors (Lipinski definition) is 4. The van der Waals surface area contributed by atoms with Crippen molar-refractivity contribution in [2.75, 3.05) is 26.2 Å². The van der Waals surface area contributed by atoms with E-state index in [1.54, 1.807) is 0 Å². The van der Waals surface area contributed by atoms with Crippen LogP contribution in [0, 0.1) is 5.92 Å². The lowest BCUT2D eigenvalue weighted by atomic mass is 10.0. The predicted octanol–water partition coefficient (Wildman–Crippen LogP) is 0.652. The maximum atomic E-state index is 12.5. The summed E-state index contributed by atoms with van der Waals surface area (Å²) in [4.78, 5) is 17.0. The molecule has 3 fully saturated rings. The zero-order valence-corrected chi connectivity index (χ0v) is 12.8. The minimum absolute atomic E-state index is 0.0341. The molecule has 0 aromatic rings. The van der Waals surface area contributed by atoms with E-state index < -0.39 is 0 Å². The molecule has 1 N–H and O–H groups in total. The van der Waals surface area contributed by atoms with Gasteiger partial charge in [0.05, 0.1) is 24.9 Å². The number of amides is 1. The second-order valence-electron chi connectivity index (χ2n) is 6.80. The van der Waals surface area contributed by atoms with E-state index in [1.165, 1.54) is 19.4 Å². The average molecular weight is 281 g/mol.